The van der Waals surface area contributed by atoms with Crippen LogP contribution in [0.4, 0.5) is 17.1 Å². The summed E-state index contributed by atoms with van der Waals surface area (Å²) in [7, 11) is 1.40. The van der Waals surface area contributed by atoms with Crippen LogP contribution in [0, 0.1) is 6.92 Å². The Balaban J connectivity index is 1.24. The first-order valence-corrected chi connectivity index (χ1v) is 16.8. The SMILES string of the molecule is COC(=O)c1ccc(-n2c3ccccc3c3cc(N(c4ccccc4)c4ccc5c(c4)c4ccccc4n5-c4ccc(C)cc4)ccc32)cc1. The van der Waals surface area contributed by atoms with Crippen molar-refractivity contribution in [1.82, 2.24) is 9.13 Å². The summed E-state index contributed by atoms with van der Waals surface area (Å²) in [5, 5.41) is 4.72. The number of anilines is 3. The van der Waals surface area contributed by atoms with E-state index in [1.165, 1.54) is 34.5 Å². The summed E-state index contributed by atoms with van der Waals surface area (Å²) in [6.45, 7) is 2.12. The van der Waals surface area contributed by atoms with Gasteiger partial charge < -0.3 is 18.8 Å². The molecule has 2 aromatic heterocycles. The Morgan fingerprint density at radius 1 is 0.480 bits per heavy atom. The number of esters is 1. The lowest BCUT2D eigenvalue weighted by Gasteiger charge is -2.26. The maximum Gasteiger partial charge on any atom is 0.337 e. The van der Waals surface area contributed by atoms with Gasteiger partial charge in [-0.1, -0.05) is 72.3 Å². The molecule has 7 aromatic carbocycles. The number of methoxy groups -OCH3 is 1. The molecular weight excluding hydrogens is 615 g/mol. The van der Waals surface area contributed by atoms with E-state index in [-0.39, 0.29) is 5.97 Å². The van der Waals surface area contributed by atoms with Crippen LogP contribution < -0.4 is 4.90 Å². The number of hydrogen-bond donors (Lipinski definition) is 0. The summed E-state index contributed by atoms with van der Waals surface area (Å²) in [6, 6.07) is 57.6. The van der Waals surface area contributed by atoms with Crippen LogP contribution in [0.15, 0.2) is 164 Å². The zero-order valence-electron chi connectivity index (χ0n) is 27.7. The second-order valence-electron chi connectivity index (χ2n) is 12.7. The lowest BCUT2D eigenvalue weighted by molar-refractivity contribution is 0.0600. The van der Waals surface area contributed by atoms with Gasteiger partial charge in [-0.15, -0.1) is 0 Å². The highest BCUT2D eigenvalue weighted by Gasteiger charge is 2.20. The van der Waals surface area contributed by atoms with Crippen molar-refractivity contribution in [3.63, 3.8) is 0 Å². The minimum Gasteiger partial charge on any atom is -0.465 e. The van der Waals surface area contributed by atoms with Crippen LogP contribution in [-0.4, -0.2) is 22.2 Å². The third-order valence-corrected chi connectivity index (χ3v) is 9.68. The second kappa shape index (κ2) is 11.8. The number of aryl methyl sites for hydroxylation is 1. The van der Waals surface area contributed by atoms with Gasteiger partial charge in [0, 0.05) is 50.0 Å². The Labute approximate surface area is 289 Å². The van der Waals surface area contributed by atoms with E-state index in [4.69, 9.17) is 4.74 Å². The fourth-order valence-corrected chi connectivity index (χ4v) is 7.34. The summed E-state index contributed by atoms with van der Waals surface area (Å²) < 4.78 is 9.55. The molecule has 5 heteroatoms. The predicted molar refractivity (Wildman–Crippen MR) is 206 cm³/mol. The van der Waals surface area contributed by atoms with Crippen molar-refractivity contribution in [3.8, 4) is 11.4 Å². The molecule has 0 aliphatic carbocycles. The maximum absolute atomic E-state index is 12.2. The highest BCUT2D eigenvalue weighted by molar-refractivity contribution is 6.12. The molecule has 0 aliphatic rings. The van der Waals surface area contributed by atoms with Crippen molar-refractivity contribution in [2.75, 3.05) is 12.0 Å². The lowest BCUT2D eigenvalue weighted by atomic mass is 10.1. The Morgan fingerprint density at radius 3 is 1.46 bits per heavy atom. The number of aromatic nitrogens is 2. The van der Waals surface area contributed by atoms with E-state index in [0.717, 1.165) is 50.2 Å². The molecule has 0 N–H and O–H groups in total. The van der Waals surface area contributed by atoms with Gasteiger partial charge in [0.2, 0.25) is 0 Å². The van der Waals surface area contributed by atoms with Gasteiger partial charge in [0.15, 0.2) is 0 Å². The number of fused-ring (bicyclic) bond motifs is 6. The molecule has 9 rings (SSSR count). The van der Waals surface area contributed by atoms with Gasteiger partial charge in [-0.25, -0.2) is 4.79 Å². The molecule has 5 nitrogen and oxygen atoms in total. The van der Waals surface area contributed by atoms with Crippen LogP contribution in [0.2, 0.25) is 0 Å². The zero-order chi connectivity index (χ0) is 33.8. The van der Waals surface area contributed by atoms with E-state index >= 15 is 0 Å². The molecule has 0 amide bonds. The normalized spacial score (nSPS) is 11.5. The number of carbonyl (C=O) groups is 1. The van der Waals surface area contributed by atoms with Gasteiger partial charge in [0.1, 0.15) is 0 Å². The smallest absolute Gasteiger partial charge is 0.337 e. The largest absolute Gasteiger partial charge is 0.465 e. The molecule has 0 unspecified atom stereocenters. The van der Waals surface area contributed by atoms with E-state index in [9.17, 15) is 4.79 Å². The molecule has 0 saturated heterocycles. The molecule has 0 aliphatic heterocycles. The monoisotopic (exact) mass is 647 g/mol. The highest BCUT2D eigenvalue weighted by Crippen LogP contribution is 2.42. The highest BCUT2D eigenvalue weighted by atomic mass is 16.5. The molecule has 0 saturated carbocycles. The number of benzene rings is 7. The lowest BCUT2D eigenvalue weighted by Crippen LogP contribution is -2.09. The molecule has 0 atom stereocenters. The Hall–Kier alpha value is -6.59. The summed E-state index contributed by atoms with van der Waals surface area (Å²) >= 11 is 0. The Kier molecular flexibility index (Phi) is 6.99. The van der Waals surface area contributed by atoms with Gasteiger partial charge in [-0.3, -0.25) is 0 Å². The van der Waals surface area contributed by atoms with Crippen LogP contribution in [0.1, 0.15) is 15.9 Å². The molecule has 240 valence electrons. The van der Waals surface area contributed by atoms with Crippen LogP contribution in [-0.2, 0) is 4.74 Å². The molecule has 9 aromatic rings. The minimum absolute atomic E-state index is 0.345. The predicted octanol–water partition coefficient (Wildman–Crippen LogP) is 11.4. The number of hydrogen-bond acceptors (Lipinski definition) is 3. The summed E-state index contributed by atoms with van der Waals surface area (Å²) in [4.78, 5) is 14.5. The number of carbonyl (C=O) groups excluding carboxylic acids is 1. The summed E-state index contributed by atoms with van der Waals surface area (Å²) in [6.07, 6.45) is 0. The van der Waals surface area contributed by atoms with Crippen LogP contribution in [0.25, 0.3) is 55.0 Å². The van der Waals surface area contributed by atoms with Crippen molar-refractivity contribution in [1.29, 1.82) is 0 Å². The van der Waals surface area contributed by atoms with Crippen LogP contribution in [0.5, 0.6) is 0 Å². The molecule has 2 heterocycles. The number of para-hydroxylation sites is 3. The quantitative estimate of drug-likeness (QED) is 0.169. The van der Waals surface area contributed by atoms with Gasteiger partial charge in [-0.2, -0.15) is 0 Å². The first-order valence-electron chi connectivity index (χ1n) is 16.8. The van der Waals surface area contributed by atoms with E-state index < -0.39 is 0 Å². The number of rotatable bonds is 6. The first kappa shape index (κ1) is 29.5. The Morgan fingerprint density at radius 2 is 0.940 bits per heavy atom. The maximum atomic E-state index is 12.2. The third kappa shape index (κ3) is 4.74. The van der Waals surface area contributed by atoms with Crippen molar-refractivity contribution < 1.29 is 9.53 Å². The molecule has 0 bridgehead atoms. The summed E-state index contributed by atoms with van der Waals surface area (Å²) in [5.41, 5.74) is 11.7. The standard InChI is InChI=1S/C45H33N3O2/c1-30-16-20-33(21-17-30)47-41-14-8-6-12-37(41)39-28-35(24-26-43(39)47)46(32-10-4-3-5-11-32)36-25-27-44-40(29-36)38-13-7-9-15-42(38)48(44)34-22-18-31(19-23-34)45(49)50-2/h3-29H,1-2H3. The molecule has 0 radical (unpaired) electrons. The van der Waals surface area contributed by atoms with E-state index in [1.54, 1.807) is 0 Å². The van der Waals surface area contributed by atoms with Gasteiger partial charge >= 0.3 is 5.97 Å². The van der Waals surface area contributed by atoms with Crippen molar-refractivity contribution >= 4 is 66.6 Å². The van der Waals surface area contributed by atoms with Crippen LogP contribution >= 0.6 is 0 Å². The number of ether oxygens (including phenoxy) is 1. The molecular formula is C45H33N3O2. The van der Waals surface area contributed by atoms with Gasteiger partial charge in [-0.05, 0) is 104 Å². The average Bonchev–Trinajstić information content (AvgIpc) is 3.68. The van der Waals surface area contributed by atoms with Gasteiger partial charge in [0.25, 0.3) is 0 Å². The van der Waals surface area contributed by atoms with E-state index in [0.29, 0.717) is 5.56 Å². The minimum atomic E-state index is -0.345. The average molecular weight is 648 g/mol. The molecule has 50 heavy (non-hydrogen) atoms. The van der Waals surface area contributed by atoms with Crippen molar-refractivity contribution in [2.24, 2.45) is 0 Å². The zero-order valence-corrected chi connectivity index (χ0v) is 27.7. The second-order valence-corrected chi connectivity index (χ2v) is 12.7. The fraction of sp³-hybridized carbons (Fsp3) is 0.0444. The van der Waals surface area contributed by atoms with Crippen LogP contribution in [0.3, 0.4) is 0 Å². The van der Waals surface area contributed by atoms with E-state index in [1.807, 2.05) is 24.3 Å². The molecule has 0 spiro atoms. The van der Waals surface area contributed by atoms with E-state index in [2.05, 4.69) is 160 Å². The Bertz CT molecular complexity index is 2700. The first-order chi connectivity index (χ1) is 24.6. The van der Waals surface area contributed by atoms with Crippen molar-refractivity contribution in [2.45, 2.75) is 6.92 Å². The topological polar surface area (TPSA) is 39.4 Å². The molecule has 0 fully saturated rings. The summed E-state index contributed by atoms with van der Waals surface area (Å²) in [5.74, 6) is -0.345. The number of nitrogens with zero attached hydrogens (tertiary/aromatic N) is 3. The third-order valence-electron chi connectivity index (χ3n) is 9.68. The van der Waals surface area contributed by atoms with Gasteiger partial charge in [0.05, 0.1) is 34.7 Å². The fourth-order valence-electron chi connectivity index (χ4n) is 7.34. The van der Waals surface area contributed by atoms with Crippen molar-refractivity contribution in [3.05, 3.63) is 175 Å².